The van der Waals surface area contributed by atoms with Crippen LogP contribution in [0, 0.1) is 0 Å². The maximum absolute atomic E-state index is 12.4. The van der Waals surface area contributed by atoms with Crippen LogP contribution in [0.5, 0.6) is 0 Å². The van der Waals surface area contributed by atoms with Crippen molar-refractivity contribution >= 4 is 44.8 Å². The molecule has 160 valence electrons. The molecule has 8 heteroatoms. The van der Waals surface area contributed by atoms with Crippen molar-refractivity contribution in [1.82, 2.24) is 5.32 Å². The molecule has 0 bridgehead atoms. The lowest BCUT2D eigenvalue weighted by molar-refractivity contribution is 0.0956. The lowest BCUT2D eigenvalue weighted by atomic mass is 9.99. The number of sulfonamides is 1. The first-order chi connectivity index (χ1) is 14.2. The Kier molecular flexibility index (Phi) is 7.45. The van der Waals surface area contributed by atoms with Gasteiger partial charge in [-0.1, -0.05) is 47.0 Å². The summed E-state index contributed by atoms with van der Waals surface area (Å²) >= 11 is 12.2. The summed E-state index contributed by atoms with van der Waals surface area (Å²) < 4.78 is 25.9. The van der Waals surface area contributed by atoms with E-state index in [1.807, 2.05) is 0 Å². The van der Waals surface area contributed by atoms with Gasteiger partial charge >= 0.3 is 0 Å². The van der Waals surface area contributed by atoms with Gasteiger partial charge in [-0.05, 0) is 61.6 Å². The van der Waals surface area contributed by atoms with Gasteiger partial charge in [0.05, 0.1) is 23.5 Å². The van der Waals surface area contributed by atoms with E-state index in [9.17, 15) is 13.2 Å². The average molecular weight is 467 g/mol. The van der Waals surface area contributed by atoms with Crippen molar-refractivity contribution in [2.45, 2.75) is 32.2 Å². The zero-order chi connectivity index (χ0) is 21.7. The fourth-order valence-electron chi connectivity index (χ4n) is 3.35. The molecule has 1 N–H and O–H groups in total. The van der Waals surface area contributed by atoms with Crippen LogP contribution in [0.25, 0.3) is 0 Å². The molecule has 0 spiro atoms. The molecule has 0 aliphatic heterocycles. The van der Waals surface area contributed by atoms with Crippen molar-refractivity contribution < 1.29 is 13.2 Å². The SMILES string of the molecule is CS(=O)(=O)N(Cc1ccc(C(=O)NCC2=CCCCC2)cc1)c1cc(Cl)ccc1Cl. The van der Waals surface area contributed by atoms with Crippen LogP contribution >= 0.6 is 23.2 Å². The Bertz CT molecular complexity index is 1050. The fraction of sp³-hybridized carbons (Fsp3) is 0.318. The maximum atomic E-state index is 12.4. The molecular weight excluding hydrogens is 443 g/mol. The van der Waals surface area contributed by atoms with E-state index in [1.165, 1.54) is 28.8 Å². The smallest absolute Gasteiger partial charge is 0.251 e. The summed E-state index contributed by atoms with van der Waals surface area (Å²) in [4.78, 5) is 12.4. The number of allylic oxidation sites excluding steroid dienone is 1. The molecule has 0 saturated carbocycles. The van der Waals surface area contributed by atoms with Gasteiger partial charge in [-0.2, -0.15) is 0 Å². The first-order valence-electron chi connectivity index (χ1n) is 9.72. The summed E-state index contributed by atoms with van der Waals surface area (Å²) in [6.45, 7) is 0.642. The molecule has 0 saturated heterocycles. The molecule has 1 amide bonds. The van der Waals surface area contributed by atoms with Gasteiger partial charge in [0.1, 0.15) is 0 Å². The second kappa shape index (κ2) is 9.86. The standard InChI is InChI=1S/C22H24Cl2N2O3S/c1-30(28,29)26(21-13-19(23)11-12-20(21)24)15-17-7-9-18(10-8-17)22(27)25-14-16-5-3-2-4-6-16/h5,7-13H,2-4,6,14-15H2,1H3,(H,25,27). The van der Waals surface area contributed by atoms with Gasteiger partial charge in [-0.3, -0.25) is 9.10 Å². The van der Waals surface area contributed by atoms with Crippen LogP contribution in [0.4, 0.5) is 5.69 Å². The summed E-state index contributed by atoms with van der Waals surface area (Å²) in [5, 5.41) is 3.63. The monoisotopic (exact) mass is 466 g/mol. The summed E-state index contributed by atoms with van der Waals surface area (Å²) in [7, 11) is -3.60. The summed E-state index contributed by atoms with van der Waals surface area (Å²) in [6, 6.07) is 11.6. The number of rotatable bonds is 7. The highest BCUT2D eigenvalue weighted by Crippen LogP contribution is 2.31. The second-order valence-corrected chi connectivity index (χ2v) is 10.1. The van der Waals surface area contributed by atoms with Gasteiger partial charge < -0.3 is 5.32 Å². The zero-order valence-electron chi connectivity index (χ0n) is 16.7. The zero-order valence-corrected chi connectivity index (χ0v) is 19.0. The number of carbonyl (C=O) groups excluding carboxylic acids is 1. The van der Waals surface area contributed by atoms with Crippen LogP contribution in [0.3, 0.4) is 0 Å². The molecule has 2 aromatic carbocycles. The van der Waals surface area contributed by atoms with Crippen molar-refractivity contribution in [3.05, 3.63) is 75.3 Å². The van der Waals surface area contributed by atoms with Gasteiger partial charge in [0.15, 0.2) is 0 Å². The Balaban J connectivity index is 1.72. The largest absolute Gasteiger partial charge is 0.348 e. The fourth-order valence-corrected chi connectivity index (χ4v) is 4.67. The Labute approximate surface area is 187 Å². The number of nitrogens with zero attached hydrogens (tertiary/aromatic N) is 1. The topological polar surface area (TPSA) is 66.5 Å². The van der Waals surface area contributed by atoms with E-state index in [4.69, 9.17) is 23.2 Å². The molecule has 0 unspecified atom stereocenters. The van der Waals surface area contributed by atoms with Crippen molar-refractivity contribution in [1.29, 1.82) is 0 Å². The quantitative estimate of drug-likeness (QED) is 0.570. The number of benzene rings is 2. The minimum absolute atomic E-state index is 0.0771. The predicted molar refractivity (Wildman–Crippen MR) is 123 cm³/mol. The van der Waals surface area contributed by atoms with Crippen LogP contribution in [-0.2, 0) is 16.6 Å². The minimum Gasteiger partial charge on any atom is -0.348 e. The van der Waals surface area contributed by atoms with Crippen LogP contribution in [0.15, 0.2) is 54.1 Å². The van der Waals surface area contributed by atoms with Crippen molar-refractivity contribution in [2.75, 3.05) is 17.1 Å². The van der Waals surface area contributed by atoms with Crippen molar-refractivity contribution in [3.8, 4) is 0 Å². The highest BCUT2D eigenvalue weighted by molar-refractivity contribution is 7.92. The molecule has 0 atom stereocenters. The molecule has 0 heterocycles. The number of nitrogens with one attached hydrogen (secondary N) is 1. The lowest BCUT2D eigenvalue weighted by Gasteiger charge is -2.24. The third-order valence-corrected chi connectivity index (χ3v) is 6.66. The summed E-state index contributed by atoms with van der Waals surface area (Å²) in [5.74, 6) is -0.147. The number of amides is 1. The van der Waals surface area contributed by atoms with E-state index in [-0.39, 0.29) is 17.5 Å². The average Bonchev–Trinajstić information content (AvgIpc) is 2.72. The summed E-state index contributed by atoms with van der Waals surface area (Å²) in [5.41, 5.74) is 2.84. The van der Waals surface area contributed by atoms with Gasteiger partial charge in [-0.15, -0.1) is 0 Å². The Hall–Kier alpha value is -2.02. The number of halogens is 2. The lowest BCUT2D eigenvalue weighted by Crippen LogP contribution is -2.29. The van der Waals surface area contributed by atoms with E-state index in [2.05, 4.69) is 11.4 Å². The van der Waals surface area contributed by atoms with E-state index < -0.39 is 10.0 Å². The third kappa shape index (κ3) is 6.00. The van der Waals surface area contributed by atoms with Gasteiger partial charge in [0, 0.05) is 17.1 Å². The van der Waals surface area contributed by atoms with Crippen LogP contribution < -0.4 is 9.62 Å². The van der Waals surface area contributed by atoms with Gasteiger partial charge in [-0.25, -0.2) is 8.42 Å². The highest BCUT2D eigenvalue weighted by atomic mass is 35.5. The number of hydrogen-bond donors (Lipinski definition) is 1. The van der Waals surface area contributed by atoms with Gasteiger partial charge in [0.2, 0.25) is 10.0 Å². The summed E-state index contributed by atoms with van der Waals surface area (Å²) in [6.07, 6.45) is 7.81. The van der Waals surface area contributed by atoms with Crippen molar-refractivity contribution in [3.63, 3.8) is 0 Å². The molecular formula is C22H24Cl2N2O3S. The third-order valence-electron chi connectivity index (χ3n) is 4.98. The molecule has 30 heavy (non-hydrogen) atoms. The first kappa shape index (κ1) is 22.7. The van der Waals surface area contributed by atoms with Crippen LogP contribution in [-0.4, -0.2) is 27.1 Å². The molecule has 0 radical (unpaired) electrons. The van der Waals surface area contributed by atoms with Crippen LogP contribution in [0.2, 0.25) is 10.0 Å². The number of hydrogen-bond acceptors (Lipinski definition) is 3. The highest BCUT2D eigenvalue weighted by Gasteiger charge is 2.21. The van der Waals surface area contributed by atoms with Crippen molar-refractivity contribution in [2.24, 2.45) is 0 Å². The Morgan fingerprint density at radius 1 is 1.10 bits per heavy atom. The molecule has 0 aromatic heterocycles. The molecule has 1 aliphatic rings. The first-order valence-corrected chi connectivity index (χ1v) is 12.3. The second-order valence-electron chi connectivity index (χ2n) is 7.35. The minimum atomic E-state index is -3.60. The predicted octanol–water partition coefficient (Wildman–Crippen LogP) is 5.19. The molecule has 1 aliphatic carbocycles. The van der Waals surface area contributed by atoms with Gasteiger partial charge in [0.25, 0.3) is 5.91 Å². The number of carbonyl (C=O) groups is 1. The molecule has 3 rings (SSSR count). The number of anilines is 1. The van der Waals surface area contributed by atoms with E-state index in [1.54, 1.807) is 36.4 Å². The van der Waals surface area contributed by atoms with E-state index in [0.29, 0.717) is 22.8 Å². The Morgan fingerprint density at radius 2 is 1.83 bits per heavy atom. The molecule has 0 fully saturated rings. The molecule has 5 nitrogen and oxygen atoms in total. The van der Waals surface area contributed by atoms with Crippen LogP contribution in [0.1, 0.15) is 41.6 Å². The van der Waals surface area contributed by atoms with E-state index >= 15 is 0 Å². The van der Waals surface area contributed by atoms with E-state index in [0.717, 1.165) is 24.7 Å². The molecule has 2 aromatic rings. The maximum Gasteiger partial charge on any atom is 0.251 e. The Morgan fingerprint density at radius 3 is 2.47 bits per heavy atom. The normalized spacial score (nSPS) is 14.2.